The van der Waals surface area contributed by atoms with Crippen molar-refractivity contribution in [1.82, 2.24) is 4.90 Å². The van der Waals surface area contributed by atoms with Crippen molar-refractivity contribution < 1.29 is 14.6 Å². The van der Waals surface area contributed by atoms with Crippen LogP contribution in [0.3, 0.4) is 0 Å². The van der Waals surface area contributed by atoms with Crippen molar-refractivity contribution in [2.24, 2.45) is 0 Å². The summed E-state index contributed by atoms with van der Waals surface area (Å²) in [6.45, 7) is 5.87. The number of hydrogen-bond acceptors (Lipinski definition) is 4. The lowest BCUT2D eigenvalue weighted by Crippen LogP contribution is -2.37. The van der Waals surface area contributed by atoms with E-state index in [1.807, 2.05) is 18.2 Å². The van der Waals surface area contributed by atoms with Gasteiger partial charge >= 0.3 is 0 Å². The molecule has 0 aliphatic carbocycles. The molecule has 0 spiro atoms. The molecular weight excluding hydrogens is 242 g/mol. The highest BCUT2D eigenvalue weighted by atomic mass is 16.5. The molecule has 106 valence electrons. The second-order valence-corrected chi connectivity index (χ2v) is 5.74. The molecular formula is C15H23NO3. The van der Waals surface area contributed by atoms with E-state index >= 15 is 0 Å². The van der Waals surface area contributed by atoms with Crippen LogP contribution in [0.4, 0.5) is 0 Å². The average Bonchev–Trinajstić information content (AvgIpc) is 2.62. The number of rotatable bonds is 4. The molecule has 0 radical (unpaired) electrons. The maximum atomic E-state index is 9.81. The Hall–Kier alpha value is -1.26. The van der Waals surface area contributed by atoms with E-state index in [9.17, 15) is 5.11 Å². The van der Waals surface area contributed by atoms with Crippen molar-refractivity contribution in [3.05, 3.63) is 23.8 Å². The van der Waals surface area contributed by atoms with E-state index < -0.39 is 0 Å². The molecule has 1 aliphatic heterocycles. The summed E-state index contributed by atoms with van der Waals surface area (Å²) in [5, 5.41) is 9.81. The highest BCUT2D eigenvalue weighted by Crippen LogP contribution is 2.32. The number of β-amino-alcohol motifs (C(OH)–C–C–N with tert-alkyl or cyclic N) is 1. The zero-order valence-corrected chi connectivity index (χ0v) is 12.1. The minimum atomic E-state index is -0.227. The molecule has 0 saturated carbocycles. The summed E-state index contributed by atoms with van der Waals surface area (Å²) in [6, 6.07) is 5.97. The lowest BCUT2D eigenvalue weighted by atomic mass is 10.0. The van der Waals surface area contributed by atoms with Gasteiger partial charge in [-0.3, -0.25) is 4.90 Å². The van der Waals surface area contributed by atoms with Crippen LogP contribution in [-0.2, 0) is 6.54 Å². The van der Waals surface area contributed by atoms with E-state index in [4.69, 9.17) is 9.47 Å². The molecule has 1 atom stereocenters. The molecule has 0 aromatic heterocycles. The summed E-state index contributed by atoms with van der Waals surface area (Å²) in [4.78, 5) is 2.30. The maximum Gasteiger partial charge on any atom is 0.161 e. The number of likely N-dealkylation sites (tertiary alicyclic amines) is 1. The Labute approximate surface area is 114 Å². The topological polar surface area (TPSA) is 41.9 Å². The zero-order valence-electron chi connectivity index (χ0n) is 12.1. The van der Waals surface area contributed by atoms with Crippen LogP contribution in [0.15, 0.2) is 18.2 Å². The first-order valence-electron chi connectivity index (χ1n) is 6.60. The molecule has 1 aliphatic rings. The lowest BCUT2D eigenvalue weighted by Gasteiger charge is -2.31. The van der Waals surface area contributed by atoms with E-state index in [1.54, 1.807) is 14.2 Å². The Balaban J connectivity index is 2.15. The Morgan fingerprint density at radius 3 is 2.47 bits per heavy atom. The number of nitrogens with zero attached hydrogens (tertiary/aromatic N) is 1. The van der Waals surface area contributed by atoms with Gasteiger partial charge in [-0.2, -0.15) is 0 Å². The van der Waals surface area contributed by atoms with Gasteiger partial charge in [-0.1, -0.05) is 6.07 Å². The summed E-state index contributed by atoms with van der Waals surface area (Å²) >= 11 is 0. The normalized spacial score (nSPS) is 22.5. The largest absolute Gasteiger partial charge is 0.493 e. The molecule has 1 saturated heterocycles. The molecule has 0 amide bonds. The van der Waals surface area contributed by atoms with Gasteiger partial charge in [0, 0.05) is 18.6 Å². The second kappa shape index (κ2) is 5.39. The summed E-state index contributed by atoms with van der Waals surface area (Å²) in [5.74, 6) is 1.49. The Morgan fingerprint density at radius 1 is 1.26 bits per heavy atom. The molecule has 1 unspecified atom stereocenters. The van der Waals surface area contributed by atoms with Gasteiger partial charge in [-0.15, -0.1) is 0 Å². The van der Waals surface area contributed by atoms with E-state index in [0.29, 0.717) is 0 Å². The predicted octanol–water partition coefficient (Wildman–Crippen LogP) is 2.05. The summed E-state index contributed by atoms with van der Waals surface area (Å²) in [6.07, 6.45) is 0.593. The van der Waals surface area contributed by atoms with Gasteiger partial charge in [0.25, 0.3) is 0 Å². The SMILES string of the molecule is COc1ccc(CN2CC(O)CC2(C)C)cc1OC. The van der Waals surface area contributed by atoms with Gasteiger partial charge in [0.15, 0.2) is 11.5 Å². The molecule has 1 fully saturated rings. The number of aliphatic hydroxyl groups excluding tert-OH is 1. The third kappa shape index (κ3) is 3.01. The Bertz CT molecular complexity index is 445. The molecule has 1 heterocycles. The van der Waals surface area contributed by atoms with Crippen molar-refractivity contribution in [2.75, 3.05) is 20.8 Å². The molecule has 0 bridgehead atoms. The monoisotopic (exact) mass is 265 g/mol. The van der Waals surface area contributed by atoms with Gasteiger partial charge in [0.2, 0.25) is 0 Å². The van der Waals surface area contributed by atoms with Gasteiger partial charge in [0.05, 0.1) is 20.3 Å². The molecule has 19 heavy (non-hydrogen) atoms. The van der Waals surface area contributed by atoms with Crippen molar-refractivity contribution in [3.63, 3.8) is 0 Å². The van der Waals surface area contributed by atoms with Crippen molar-refractivity contribution in [1.29, 1.82) is 0 Å². The zero-order chi connectivity index (χ0) is 14.0. The number of benzene rings is 1. The van der Waals surface area contributed by atoms with Crippen LogP contribution in [0.2, 0.25) is 0 Å². The van der Waals surface area contributed by atoms with E-state index in [-0.39, 0.29) is 11.6 Å². The average molecular weight is 265 g/mol. The van der Waals surface area contributed by atoms with Gasteiger partial charge in [-0.05, 0) is 38.0 Å². The molecule has 4 heteroatoms. The highest BCUT2D eigenvalue weighted by Gasteiger charge is 2.37. The number of ether oxygens (including phenoxy) is 2. The minimum absolute atomic E-state index is 0.0343. The van der Waals surface area contributed by atoms with Crippen LogP contribution < -0.4 is 9.47 Å². The van der Waals surface area contributed by atoms with Crippen LogP contribution in [0.5, 0.6) is 11.5 Å². The maximum absolute atomic E-state index is 9.81. The molecule has 1 aromatic rings. The number of methoxy groups -OCH3 is 2. The first kappa shape index (κ1) is 14.2. The third-order valence-electron chi connectivity index (χ3n) is 3.84. The summed E-state index contributed by atoms with van der Waals surface area (Å²) in [7, 11) is 3.28. The van der Waals surface area contributed by atoms with Gasteiger partial charge in [-0.25, -0.2) is 0 Å². The fourth-order valence-electron chi connectivity index (χ4n) is 2.75. The highest BCUT2D eigenvalue weighted by molar-refractivity contribution is 5.42. The molecule has 2 rings (SSSR count). The van der Waals surface area contributed by atoms with Gasteiger partial charge in [0.1, 0.15) is 0 Å². The third-order valence-corrected chi connectivity index (χ3v) is 3.84. The van der Waals surface area contributed by atoms with Crippen molar-refractivity contribution in [3.8, 4) is 11.5 Å². The standard InChI is InChI=1S/C15H23NO3/c1-15(2)8-12(17)10-16(15)9-11-5-6-13(18-3)14(7-11)19-4/h5-7,12,17H,8-10H2,1-4H3. The van der Waals surface area contributed by atoms with Crippen LogP contribution >= 0.6 is 0 Å². The fourth-order valence-corrected chi connectivity index (χ4v) is 2.75. The second-order valence-electron chi connectivity index (χ2n) is 5.74. The van der Waals surface area contributed by atoms with Crippen LogP contribution in [0.1, 0.15) is 25.8 Å². The number of aliphatic hydroxyl groups is 1. The summed E-state index contributed by atoms with van der Waals surface area (Å²) < 4.78 is 10.6. The smallest absolute Gasteiger partial charge is 0.161 e. The van der Waals surface area contributed by atoms with Crippen molar-refractivity contribution >= 4 is 0 Å². The van der Waals surface area contributed by atoms with E-state index in [0.717, 1.165) is 31.0 Å². The van der Waals surface area contributed by atoms with Gasteiger partial charge < -0.3 is 14.6 Å². The Kier molecular flexibility index (Phi) is 4.02. The molecule has 4 nitrogen and oxygen atoms in total. The number of hydrogen-bond donors (Lipinski definition) is 1. The minimum Gasteiger partial charge on any atom is -0.493 e. The first-order valence-corrected chi connectivity index (χ1v) is 6.60. The fraction of sp³-hybridized carbons (Fsp3) is 0.600. The van der Waals surface area contributed by atoms with E-state index in [2.05, 4.69) is 18.7 Å². The Morgan fingerprint density at radius 2 is 1.95 bits per heavy atom. The van der Waals surface area contributed by atoms with Crippen LogP contribution in [-0.4, -0.2) is 42.4 Å². The first-order chi connectivity index (χ1) is 8.96. The van der Waals surface area contributed by atoms with E-state index in [1.165, 1.54) is 5.56 Å². The van der Waals surface area contributed by atoms with Crippen LogP contribution in [0.25, 0.3) is 0 Å². The summed E-state index contributed by atoms with van der Waals surface area (Å²) in [5.41, 5.74) is 1.20. The van der Waals surface area contributed by atoms with Crippen LogP contribution in [0, 0.1) is 0 Å². The quantitative estimate of drug-likeness (QED) is 0.904. The molecule has 1 aromatic carbocycles. The predicted molar refractivity (Wildman–Crippen MR) is 74.7 cm³/mol. The lowest BCUT2D eigenvalue weighted by molar-refractivity contribution is 0.156. The molecule has 1 N–H and O–H groups in total. The van der Waals surface area contributed by atoms with Crippen molar-refractivity contribution in [2.45, 2.75) is 38.5 Å².